The third-order valence-electron chi connectivity index (χ3n) is 3.16. The predicted molar refractivity (Wildman–Crippen MR) is 52.0 cm³/mol. The molecule has 82 valence electrons. The lowest BCUT2D eigenvalue weighted by Crippen LogP contribution is -2.26. The van der Waals surface area contributed by atoms with Crippen LogP contribution in [0.25, 0.3) is 0 Å². The molecule has 2 nitrogen and oxygen atoms in total. The van der Waals surface area contributed by atoms with E-state index in [1.807, 2.05) is 0 Å². The molecule has 0 saturated heterocycles. The predicted octanol–water partition coefficient (Wildman–Crippen LogP) is 1.74. The molecule has 2 rings (SSSR count). The van der Waals surface area contributed by atoms with E-state index in [2.05, 4.69) is 0 Å². The van der Waals surface area contributed by atoms with Crippen LogP contribution in [0.15, 0.2) is 18.2 Å². The van der Waals surface area contributed by atoms with Crippen LogP contribution in [-0.4, -0.2) is 11.7 Å². The minimum Gasteiger partial charge on any atom is -0.396 e. The van der Waals surface area contributed by atoms with Gasteiger partial charge in [-0.05, 0) is 31.0 Å². The Morgan fingerprint density at radius 3 is 2.60 bits per heavy atom. The average Bonchev–Trinajstić information content (AvgIpc) is 3.01. The maximum absolute atomic E-state index is 13.4. The van der Waals surface area contributed by atoms with Crippen LogP contribution in [0.1, 0.15) is 24.4 Å². The third kappa shape index (κ3) is 1.75. The maximum Gasteiger partial charge on any atom is 0.128 e. The zero-order chi connectivity index (χ0) is 11.1. The summed E-state index contributed by atoms with van der Waals surface area (Å²) in [6, 6.07) is 2.61. The van der Waals surface area contributed by atoms with Crippen molar-refractivity contribution in [2.24, 2.45) is 11.1 Å². The van der Waals surface area contributed by atoms with Gasteiger partial charge in [0, 0.05) is 17.0 Å². The molecule has 0 amide bonds. The van der Waals surface area contributed by atoms with E-state index in [9.17, 15) is 8.78 Å². The molecule has 1 saturated carbocycles. The molecule has 1 atom stereocenters. The fourth-order valence-electron chi connectivity index (χ4n) is 1.81. The Hall–Kier alpha value is -1.00. The Labute approximate surface area is 86.7 Å². The van der Waals surface area contributed by atoms with Crippen molar-refractivity contribution in [3.63, 3.8) is 0 Å². The van der Waals surface area contributed by atoms with Gasteiger partial charge in [-0.3, -0.25) is 0 Å². The lowest BCUT2D eigenvalue weighted by molar-refractivity contribution is 0.186. The molecule has 0 radical (unpaired) electrons. The number of rotatable bonds is 3. The second-order valence-corrected chi connectivity index (χ2v) is 4.16. The molecule has 0 spiro atoms. The van der Waals surface area contributed by atoms with E-state index in [0.717, 1.165) is 31.0 Å². The highest BCUT2D eigenvalue weighted by Gasteiger charge is 2.48. The number of nitrogens with two attached hydrogens (primary N) is 1. The summed E-state index contributed by atoms with van der Waals surface area (Å²) >= 11 is 0. The second-order valence-electron chi connectivity index (χ2n) is 4.16. The highest BCUT2D eigenvalue weighted by molar-refractivity contribution is 5.26. The number of aliphatic hydroxyl groups is 1. The fourth-order valence-corrected chi connectivity index (χ4v) is 1.81. The van der Waals surface area contributed by atoms with Crippen molar-refractivity contribution in [1.29, 1.82) is 0 Å². The molecule has 3 N–H and O–H groups in total. The van der Waals surface area contributed by atoms with Crippen LogP contribution in [0.4, 0.5) is 8.78 Å². The van der Waals surface area contributed by atoms with Gasteiger partial charge in [0.1, 0.15) is 11.6 Å². The first-order chi connectivity index (χ1) is 7.09. The highest BCUT2D eigenvalue weighted by atomic mass is 19.1. The number of hydrogen-bond donors (Lipinski definition) is 2. The van der Waals surface area contributed by atoms with Gasteiger partial charge >= 0.3 is 0 Å². The first kappa shape index (κ1) is 10.5. The number of halogens is 2. The molecule has 1 aromatic carbocycles. The molecule has 0 heterocycles. The van der Waals surface area contributed by atoms with E-state index < -0.39 is 23.1 Å². The monoisotopic (exact) mass is 213 g/mol. The van der Waals surface area contributed by atoms with E-state index in [1.165, 1.54) is 0 Å². The molecular formula is C11H13F2NO. The number of aliphatic hydroxyl groups excluding tert-OH is 1. The highest BCUT2D eigenvalue weighted by Crippen LogP contribution is 2.53. The summed E-state index contributed by atoms with van der Waals surface area (Å²) in [4.78, 5) is 0. The van der Waals surface area contributed by atoms with Gasteiger partial charge in [-0.25, -0.2) is 8.78 Å². The molecule has 1 aliphatic carbocycles. The van der Waals surface area contributed by atoms with Gasteiger partial charge in [0.2, 0.25) is 0 Å². The third-order valence-corrected chi connectivity index (χ3v) is 3.16. The fraction of sp³-hybridized carbons (Fsp3) is 0.455. The van der Waals surface area contributed by atoms with Crippen molar-refractivity contribution in [3.8, 4) is 0 Å². The largest absolute Gasteiger partial charge is 0.396 e. The standard InChI is InChI=1S/C11H13F2NO/c12-7-1-2-9(13)8(5-7)10(14)11(6-15)3-4-11/h1-2,5,10,15H,3-4,6,14H2. The van der Waals surface area contributed by atoms with Crippen LogP contribution < -0.4 is 5.73 Å². The number of hydrogen-bond acceptors (Lipinski definition) is 2. The molecule has 0 aliphatic heterocycles. The van der Waals surface area contributed by atoms with E-state index in [4.69, 9.17) is 10.8 Å². The summed E-state index contributed by atoms with van der Waals surface area (Å²) < 4.78 is 26.3. The Kier molecular flexibility index (Phi) is 2.48. The van der Waals surface area contributed by atoms with Gasteiger partial charge in [-0.1, -0.05) is 0 Å². The molecule has 0 bridgehead atoms. The Morgan fingerprint density at radius 1 is 1.40 bits per heavy atom. The molecular weight excluding hydrogens is 200 g/mol. The van der Waals surface area contributed by atoms with E-state index in [1.54, 1.807) is 0 Å². The van der Waals surface area contributed by atoms with Crippen LogP contribution in [0.2, 0.25) is 0 Å². The Balaban J connectivity index is 2.32. The van der Waals surface area contributed by atoms with Crippen molar-refractivity contribution < 1.29 is 13.9 Å². The molecule has 1 aliphatic rings. The normalized spacial score (nSPS) is 20.0. The van der Waals surface area contributed by atoms with E-state index in [-0.39, 0.29) is 12.2 Å². The van der Waals surface area contributed by atoms with Crippen molar-refractivity contribution in [2.45, 2.75) is 18.9 Å². The Bertz CT molecular complexity index is 377. The minimum absolute atomic E-state index is 0.0792. The molecule has 4 heteroatoms. The molecule has 1 unspecified atom stereocenters. The van der Waals surface area contributed by atoms with Crippen molar-refractivity contribution in [1.82, 2.24) is 0 Å². The summed E-state index contributed by atoms with van der Waals surface area (Å²) in [5, 5.41) is 9.15. The molecule has 0 aromatic heterocycles. The van der Waals surface area contributed by atoms with Gasteiger partial charge in [0.25, 0.3) is 0 Å². The number of benzene rings is 1. The van der Waals surface area contributed by atoms with Crippen molar-refractivity contribution in [2.75, 3.05) is 6.61 Å². The van der Waals surface area contributed by atoms with Crippen LogP contribution in [-0.2, 0) is 0 Å². The SMILES string of the molecule is NC(c1cc(F)ccc1F)C1(CO)CC1. The van der Waals surface area contributed by atoms with Gasteiger partial charge in [-0.2, -0.15) is 0 Å². The first-order valence-electron chi connectivity index (χ1n) is 4.90. The van der Waals surface area contributed by atoms with Gasteiger partial charge in [0.05, 0.1) is 6.61 Å². The molecule has 1 fully saturated rings. The lowest BCUT2D eigenvalue weighted by atomic mass is 9.91. The molecule has 15 heavy (non-hydrogen) atoms. The van der Waals surface area contributed by atoms with Crippen molar-refractivity contribution in [3.05, 3.63) is 35.4 Å². The van der Waals surface area contributed by atoms with E-state index >= 15 is 0 Å². The van der Waals surface area contributed by atoms with Gasteiger partial charge in [0.15, 0.2) is 0 Å². The first-order valence-corrected chi connectivity index (χ1v) is 4.90. The van der Waals surface area contributed by atoms with Gasteiger partial charge in [-0.15, -0.1) is 0 Å². The summed E-state index contributed by atoms with van der Waals surface area (Å²) in [7, 11) is 0. The topological polar surface area (TPSA) is 46.2 Å². The zero-order valence-electron chi connectivity index (χ0n) is 8.21. The lowest BCUT2D eigenvalue weighted by Gasteiger charge is -2.21. The van der Waals surface area contributed by atoms with Crippen LogP contribution >= 0.6 is 0 Å². The summed E-state index contributed by atoms with van der Waals surface area (Å²) in [6.07, 6.45) is 1.53. The smallest absolute Gasteiger partial charge is 0.128 e. The van der Waals surface area contributed by atoms with Crippen molar-refractivity contribution >= 4 is 0 Å². The van der Waals surface area contributed by atoms with Crippen LogP contribution in [0.3, 0.4) is 0 Å². The van der Waals surface area contributed by atoms with E-state index in [0.29, 0.717) is 0 Å². The van der Waals surface area contributed by atoms with Crippen LogP contribution in [0.5, 0.6) is 0 Å². The summed E-state index contributed by atoms with van der Waals surface area (Å²) in [6.45, 7) is -0.0792. The summed E-state index contributed by atoms with van der Waals surface area (Å²) in [5.74, 6) is -1.01. The average molecular weight is 213 g/mol. The Morgan fingerprint density at radius 2 is 2.07 bits per heavy atom. The van der Waals surface area contributed by atoms with Crippen LogP contribution in [0, 0.1) is 17.0 Å². The minimum atomic E-state index is -0.627. The molecule has 1 aromatic rings. The second kappa shape index (κ2) is 3.54. The zero-order valence-corrected chi connectivity index (χ0v) is 8.21. The maximum atomic E-state index is 13.4. The quantitative estimate of drug-likeness (QED) is 0.803. The van der Waals surface area contributed by atoms with Gasteiger partial charge < -0.3 is 10.8 Å². The summed E-state index contributed by atoms with van der Waals surface area (Å²) in [5.41, 5.74) is 5.57.